The molecule has 2 heterocycles. The summed E-state index contributed by atoms with van der Waals surface area (Å²) in [4.78, 5) is 26.1. The Kier molecular flexibility index (Phi) is 5.19. The lowest BCUT2D eigenvalue weighted by Gasteiger charge is -2.34. The highest BCUT2D eigenvalue weighted by Crippen LogP contribution is 2.22. The summed E-state index contributed by atoms with van der Waals surface area (Å²) in [6.45, 7) is 2.14. The van der Waals surface area contributed by atoms with Gasteiger partial charge in [-0.25, -0.2) is 0 Å². The Labute approximate surface area is 114 Å². The van der Waals surface area contributed by atoms with Crippen LogP contribution in [0.25, 0.3) is 0 Å². The van der Waals surface area contributed by atoms with Crippen LogP contribution >= 0.6 is 0 Å². The van der Waals surface area contributed by atoms with E-state index < -0.39 is 0 Å². The fourth-order valence-electron chi connectivity index (χ4n) is 3.03. The van der Waals surface area contributed by atoms with Crippen LogP contribution in [0, 0.1) is 5.92 Å². The number of hydrogen-bond acceptors (Lipinski definition) is 3. The smallest absolute Gasteiger partial charge is 0.227 e. The highest BCUT2D eigenvalue weighted by molar-refractivity contribution is 5.84. The highest BCUT2D eigenvalue weighted by Gasteiger charge is 2.36. The number of nitrogens with zero attached hydrogens (tertiary/aromatic N) is 1. The van der Waals surface area contributed by atoms with Crippen LogP contribution in [0.3, 0.4) is 0 Å². The van der Waals surface area contributed by atoms with Gasteiger partial charge in [0.05, 0.1) is 18.6 Å². The molecule has 108 valence electrons. The van der Waals surface area contributed by atoms with Crippen molar-refractivity contribution in [3.63, 3.8) is 0 Å². The van der Waals surface area contributed by atoms with Gasteiger partial charge in [0.2, 0.25) is 11.8 Å². The summed E-state index contributed by atoms with van der Waals surface area (Å²) in [7, 11) is 1.61. The Morgan fingerprint density at radius 1 is 1.32 bits per heavy atom. The van der Waals surface area contributed by atoms with E-state index in [2.05, 4.69) is 5.32 Å². The van der Waals surface area contributed by atoms with E-state index in [0.717, 1.165) is 25.9 Å². The molecule has 0 saturated carbocycles. The van der Waals surface area contributed by atoms with Crippen LogP contribution in [0.4, 0.5) is 0 Å². The number of likely N-dealkylation sites (tertiary alicyclic amines) is 1. The Hall–Kier alpha value is -1.10. The van der Waals surface area contributed by atoms with Crippen LogP contribution in [-0.2, 0) is 14.3 Å². The summed E-state index contributed by atoms with van der Waals surface area (Å²) >= 11 is 0. The van der Waals surface area contributed by atoms with Crippen molar-refractivity contribution in [1.29, 1.82) is 0 Å². The van der Waals surface area contributed by atoms with Crippen LogP contribution in [0.2, 0.25) is 0 Å². The number of piperidine rings is 1. The summed E-state index contributed by atoms with van der Waals surface area (Å²) in [6, 6.07) is -0.165. The minimum Gasteiger partial charge on any atom is -0.383 e. The average Bonchev–Trinajstić information content (AvgIpc) is 2.67. The summed E-state index contributed by atoms with van der Waals surface area (Å²) in [5.74, 6) is 0.113. The van der Waals surface area contributed by atoms with E-state index in [4.69, 9.17) is 4.74 Å². The minimum absolute atomic E-state index is 0.0296. The van der Waals surface area contributed by atoms with Gasteiger partial charge in [0.1, 0.15) is 0 Å². The Morgan fingerprint density at radius 3 is 2.63 bits per heavy atom. The van der Waals surface area contributed by atoms with Gasteiger partial charge >= 0.3 is 0 Å². The molecule has 0 spiro atoms. The molecule has 1 N–H and O–H groups in total. The van der Waals surface area contributed by atoms with Gasteiger partial charge in [-0.15, -0.1) is 0 Å². The second kappa shape index (κ2) is 6.89. The zero-order chi connectivity index (χ0) is 13.7. The van der Waals surface area contributed by atoms with Gasteiger partial charge in [0.25, 0.3) is 0 Å². The third-order valence-corrected chi connectivity index (χ3v) is 4.10. The second-order valence-electron chi connectivity index (χ2n) is 5.51. The van der Waals surface area contributed by atoms with E-state index in [1.807, 2.05) is 4.90 Å². The molecule has 2 saturated heterocycles. The molecule has 2 rings (SSSR count). The van der Waals surface area contributed by atoms with Crippen LogP contribution in [0.15, 0.2) is 0 Å². The van der Waals surface area contributed by atoms with Gasteiger partial charge in [-0.3, -0.25) is 9.59 Å². The Bertz CT molecular complexity index is 325. The molecule has 0 aromatic rings. The SMILES string of the molecule is COC[C@H]1NC(=O)CC[C@H]1C(=O)N1CCCCCC1. The molecule has 0 aromatic carbocycles. The Morgan fingerprint density at radius 2 is 2.00 bits per heavy atom. The lowest BCUT2D eigenvalue weighted by molar-refractivity contribution is -0.140. The molecule has 0 radical (unpaired) electrons. The van der Waals surface area contributed by atoms with Gasteiger partial charge < -0.3 is 15.0 Å². The van der Waals surface area contributed by atoms with Crippen LogP contribution in [0.5, 0.6) is 0 Å². The fourth-order valence-corrected chi connectivity index (χ4v) is 3.03. The van der Waals surface area contributed by atoms with E-state index in [1.165, 1.54) is 12.8 Å². The van der Waals surface area contributed by atoms with Gasteiger partial charge in [-0.2, -0.15) is 0 Å². The first-order chi connectivity index (χ1) is 9.22. The molecule has 19 heavy (non-hydrogen) atoms. The first-order valence-electron chi connectivity index (χ1n) is 7.29. The number of nitrogens with one attached hydrogen (secondary N) is 1. The molecule has 0 aliphatic carbocycles. The third-order valence-electron chi connectivity index (χ3n) is 4.10. The standard InChI is InChI=1S/C14H24N2O3/c1-19-10-12-11(6-7-13(17)15-12)14(18)16-8-4-2-3-5-9-16/h11-12H,2-10H2,1H3,(H,15,17)/t11-,12-/m1/s1. The minimum atomic E-state index is -0.165. The normalized spacial score (nSPS) is 28.7. The molecule has 0 aromatic heterocycles. The molecule has 0 unspecified atom stereocenters. The summed E-state index contributed by atoms with van der Waals surface area (Å²) in [6.07, 6.45) is 5.72. The van der Waals surface area contributed by atoms with Crippen molar-refractivity contribution in [1.82, 2.24) is 10.2 Å². The van der Waals surface area contributed by atoms with Crippen LogP contribution in [-0.4, -0.2) is 49.6 Å². The van der Waals surface area contributed by atoms with Crippen molar-refractivity contribution < 1.29 is 14.3 Å². The number of carbonyl (C=O) groups excluding carboxylic acids is 2. The first kappa shape index (κ1) is 14.3. The largest absolute Gasteiger partial charge is 0.383 e. The zero-order valence-corrected chi connectivity index (χ0v) is 11.7. The molecule has 5 heteroatoms. The molecule has 2 amide bonds. The van der Waals surface area contributed by atoms with Crippen molar-refractivity contribution in [2.75, 3.05) is 26.8 Å². The summed E-state index contributed by atoms with van der Waals surface area (Å²) < 4.78 is 5.14. The van der Waals surface area contributed by atoms with Crippen LogP contribution in [0.1, 0.15) is 38.5 Å². The number of methoxy groups -OCH3 is 1. The molecule has 2 aliphatic rings. The molecular weight excluding hydrogens is 244 g/mol. The molecular formula is C14H24N2O3. The van der Waals surface area contributed by atoms with Gasteiger partial charge in [-0.05, 0) is 19.3 Å². The van der Waals surface area contributed by atoms with E-state index in [0.29, 0.717) is 19.4 Å². The molecule has 2 atom stereocenters. The van der Waals surface area contributed by atoms with Crippen molar-refractivity contribution >= 4 is 11.8 Å². The molecule has 0 bridgehead atoms. The van der Waals surface area contributed by atoms with E-state index in [9.17, 15) is 9.59 Å². The number of ether oxygens (including phenoxy) is 1. The third kappa shape index (κ3) is 3.69. The predicted octanol–water partition coefficient (Wildman–Crippen LogP) is 0.930. The first-order valence-corrected chi connectivity index (χ1v) is 7.29. The fraction of sp³-hybridized carbons (Fsp3) is 0.857. The quantitative estimate of drug-likeness (QED) is 0.828. The maximum Gasteiger partial charge on any atom is 0.227 e. The van der Waals surface area contributed by atoms with Crippen molar-refractivity contribution in [2.24, 2.45) is 5.92 Å². The Balaban J connectivity index is 2.00. The van der Waals surface area contributed by atoms with E-state index >= 15 is 0 Å². The monoisotopic (exact) mass is 268 g/mol. The van der Waals surface area contributed by atoms with Gasteiger partial charge in [-0.1, -0.05) is 12.8 Å². The van der Waals surface area contributed by atoms with Crippen LogP contribution < -0.4 is 5.32 Å². The number of hydrogen-bond donors (Lipinski definition) is 1. The molecule has 5 nitrogen and oxygen atoms in total. The number of rotatable bonds is 3. The molecule has 2 fully saturated rings. The maximum atomic E-state index is 12.6. The van der Waals surface area contributed by atoms with Gasteiger partial charge in [0.15, 0.2) is 0 Å². The van der Waals surface area contributed by atoms with Gasteiger partial charge in [0, 0.05) is 26.6 Å². The van der Waals surface area contributed by atoms with Crippen molar-refractivity contribution in [3.05, 3.63) is 0 Å². The van der Waals surface area contributed by atoms with E-state index in [1.54, 1.807) is 7.11 Å². The summed E-state index contributed by atoms with van der Waals surface area (Å²) in [5, 5.41) is 2.89. The maximum absolute atomic E-state index is 12.6. The van der Waals surface area contributed by atoms with E-state index in [-0.39, 0.29) is 23.8 Å². The highest BCUT2D eigenvalue weighted by atomic mass is 16.5. The second-order valence-corrected chi connectivity index (χ2v) is 5.51. The lowest BCUT2D eigenvalue weighted by atomic mass is 9.89. The number of carbonyl (C=O) groups is 2. The topological polar surface area (TPSA) is 58.6 Å². The predicted molar refractivity (Wildman–Crippen MR) is 71.6 cm³/mol. The number of amides is 2. The van der Waals surface area contributed by atoms with Crippen molar-refractivity contribution in [2.45, 2.75) is 44.6 Å². The molecule has 2 aliphatic heterocycles. The summed E-state index contributed by atoms with van der Waals surface area (Å²) in [5.41, 5.74) is 0. The lowest BCUT2D eigenvalue weighted by Crippen LogP contribution is -2.53. The zero-order valence-electron chi connectivity index (χ0n) is 11.7. The average molecular weight is 268 g/mol. The van der Waals surface area contributed by atoms with Crippen molar-refractivity contribution in [3.8, 4) is 0 Å².